The second-order valence-electron chi connectivity index (χ2n) is 4.08. The van der Waals surface area contributed by atoms with Gasteiger partial charge in [-0.05, 0) is 12.8 Å². The van der Waals surface area contributed by atoms with E-state index in [0.29, 0.717) is 11.6 Å². The van der Waals surface area contributed by atoms with Gasteiger partial charge in [-0.25, -0.2) is 9.97 Å². The van der Waals surface area contributed by atoms with Gasteiger partial charge >= 0.3 is 0 Å². The van der Waals surface area contributed by atoms with Crippen molar-refractivity contribution in [2.75, 3.05) is 7.11 Å². The SMILES string of the molecule is CCCC(CCC)C(=O)c1cnc(OC)cn1. The van der Waals surface area contributed by atoms with E-state index in [0.717, 1.165) is 25.7 Å². The third-order valence-electron chi connectivity index (χ3n) is 2.73. The van der Waals surface area contributed by atoms with E-state index in [1.54, 1.807) is 0 Å². The van der Waals surface area contributed by atoms with E-state index in [1.807, 2.05) is 0 Å². The topological polar surface area (TPSA) is 52.1 Å². The number of Topliss-reactive ketones (excluding diaryl/α,β-unsaturated/α-hetero) is 1. The Kier molecular flexibility index (Phi) is 5.60. The van der Waals surface area contributed by atoms with Gasteiger partial charge in [0.2, 0.25) is 5.88 Å². The lowest BCUT2D eigenvalue weighted by atomic mass is 9.92. The van der Waals surface area contributed by atoms with Crippen LogP contribution in [0.15, 0.2) is 12.4 Å². The number of methoxy groups -OCH3 is 1. The highest BCUT2D eigenvalue weighted by Crippen LogP contribution is 2.18. The summed E-state index contributed by atoms with van der Waals surface area (Å²) in [6, 6.07) is 0. The minimum Gasteiger partial charge on any atom is -0.480 e. The van der Waals surface area contributed by atoms with Crippen molar-refractivity contribution >= 4 is 5.78 Å². The molecule has 94 valence electrons. The van der Waals surface area contributed by atoms with Crippen molar-refractivity contribution in [2.45, 2.75) is 39.5 Å². The van der Waals surface area contributed by atoms with Crippen molar-refractivity contribution in [1.82, 2.24) is 9.97 Å². The summed E-state index contributed by atoms with van der Waals surface area (Å²) in [5.74, 6) is 0.612. The lowest BCUT2D eigenvalue weighted by Gasteiger charge is -2.13. The Bertz CT molecular complexity index is 343. The number of rotatable bonds is 7. The fourth-order valence-electron chi connectivity index (χ4n) is 1.86. The highest BCUT2D eigenvalue weighted by molar-refractivity contribution is 5.95. The highest BCUT2D eigenvalue weighted by atomic mass is 16.5. The smallest absolute Gasteiger partial charge is 0.232 e. The quantitative estimate of drug-likeness (QED) is 0.683. The molecule has 0 unspecified atom stereocenters. The molecule has 0 atom stereocenters. The van der Waals surface area contributed by atoms with Gasteiger partial charge in [0.15, 0.2) is 5.78 Å². The third-order valence-corrected chi connectivity index (χ3v) is 2.73. The molecule has 0 aliphatic heterocycles. The molecule has 1 rings (SSSR count). The number of carbonyl (C=O) groups excluding carboxylic acids is 1. The first-order valence-electron chi connectivity index (χ1n) is 6.13. The molecule has 0 saturated heterocycles. The average molecular weight is 236 g/mol. The zero-order chi connectivity index (χ0) is 12.7. The second kappa shape index (κ2) is 6.99. The summed E-state index contributed by atoms with van der Waals surface area (Å²) in [4.78, 5) is 20.3. The molecule has 1 aromatic heterocycles. The zero-order valence-electron chi connectivity index (χ0n) is 10.8. The van der Waals surface area contributed by atoms with E-state index in [9.17, 15) is 4.79 Å². The van der Waals surface area contributed by atoms with E-state index in [1.165, 1.54) is 19.5 Å². The fraction of sp³-hybridized carbons (Fsp3) is 0.615. The Morgan fingerprint density at radius 1 is 1.24 bits per heavy atom. The van der Waals surface area contributed by atoms with Crippen molar-refractivity contribution in [3.8, 4) is 5.88 Å². The Morgan fingerprint density at radius 2 is 1.88 bits per heavy atom. The van der Waals surface area contributed by atoms with Crippen molar-refractivity contribution in [1.29, 1.82) is 0 Å². The summed E-state index contributed by atoms with van der Waals surface area (Å²) in [7, 11) is 1.53. The van der Waals surface area contributed by atoms with Gasteiger partial charge < -0.3 is 4.74 Å². The normalized spacial score (nSPS) is 10.6. The van der Waals surface area contributed by atoms with Crippen LogP contribution < -0.4 is 4.74 Å². The van der Waals surface area contributed by atoms with Gasteiger partial charge in [-0.2, -0.15) is 0 Å². The molecule has 0 N–H and O–H groups in total. The average Bonchev–Trinajstić information content (AvgIpc) is 2.38. The number of nitrogens with zero attached hydrogens (tertiary/aromatic N) is 2. The number of ether oxygens (including phenoxy) is 1. The zero-order valence-corrected chi connectivity index (χ0v) is 10.8. The molecule has 1 aromatic rings. The summed E-state index contributed by atoms with van der Waals surface area (Å²) < 4.78 is 4.92. The van der Waals surface area contributed by atoms with Gasteiger partial charge in [0, 0.05) is 5.92 Å². The number of hydrogen-bond acceptors (Lipinski definition) is 4. The van der Waals surface area contributed by atoms with Crippen LogP contribution in [0.25, 0.3) is 0 Å². The lowest BCUT2D eigenvalue weighted by Crippen LogP contribution is -2.16. The monoisotopic (exact) mass is 236 g/mol. The number of carbonyl (C=O) groups is 1. The van der Waals surface area contributed by atoms with Crippen LogP contribution in [0, 0.1) is 5.92 Å². The first-order valence-corrected chi connectivity index (χ1v) is 6.13. The lowest BCUT2D eigenvalue weighted by molar-refractivity contribution is 0.0899. The number of ketones is 1. The molecule has 0 aliphatic carbocycles. The second-order valence-corrected chi connectivity index (χ2v) is 4.08. The molecule has 4 heteroatoms. The molecule has 0 spiro atoms. The van der Waals surface area contributed by atoms with E-state index >= 15 is 0 Å². The van der Waals surface area contributed by atoms with Crippen LogP contribution in [-0.4, -0.2) is 22.9 Å². The van der Waals surface area contributed by atoms with Crippen LogP contribution >= 0.6 is 0 Å². The summed E-state index contributed by atoms with van der Waals surface area (Å²) >= 11 is 0. The predicted molar refractivity (Wildman–Crippen MR) is 66.2 cm³/mol. The van der Waals surface area contributed by atoms with Gasteiger partial charge in [-0.3, -0.25) is 4.79 Å². The maximum atomic E-state index is 12.2. The van der Waals surface area contributed by atoms with Crippen molar-refractivity contribution in [2.24, 2.45) is 5.92 Å². The standard InChI is InChI=1S/C13H20N2O2/c1-4-6-10(7-5-2)13(16)11-8-15-12(17-3)9-14-11/h8-10H,4-7H2,1-3H3. The Morgan fingerprint density at radius 3 is 2.29 bits per heavy atom. The van der Waals surface area contributed by atoms with Crippen LogP contribution in [-0.2, 0) is 0 Å². The van der Waals surface area contributed by atoms with Crippen LogP contribution in [0.3, 0.4) is 0 Å². The molecular formula is C13H20N2O2. The number of hydrogen-bond donors (Lipinski definition) is 0. The van der Waals surface area contributed by atoms with Gasteiger partial charge in [0.1, 0.15) is 5.69 Å². The van der Waals surface area contributed by atoms with E-state index in [2.05, 4.69) is 23.8 Å². The molecule has 0 aliphatic rings. The summed E-state index contributed by atoms with van der Waals surface area (Å²) in [5.41, 5.74) is 0.442. The molecular weight excluding hydrogens is 216 g/mol. The fourth-order valence-corrected chi connectivity index (χ4v) is 1.86. The third kappa shape index (κ3) is 3.80. The molecule has 0 radical (unpaired) electrons. The minimum absolute atomic E-state index is 0.0766. The first kappa shape index (κ1) is 13.6. The minimum atomic E-state index is 0.0766. The van der Waals surface area contributed by atoms with Gasteiger partial charge in [0.25, 0.3) is 0 Å². The van der Waals surface area contributed by atoms with E-state index in [-0.39, 0.29) is 11.7 Å². The van der Waals surface area contributed by atoms with E-state index in [4.69, 9.17) is 4.74 Å². The summed E-state index contributed by atoms with van der Waals surface area (Å²) in [5, 5.41) is 0. The van der Waals surface area contributed by atoms with Crippen LogP contribution in [0.1, 0.15) is 50.0 Å². The van der Waals surface area contributed by atoms with Gasteiger partial charge in [0.05, 0.1) is 19.5 Å². The molecule has 17 heavy (non-hydrogen) atoms. The maximum Gasteiger partial charge on any atom is 0.232 e. The van der Waals surface area contributed by atoms with Crippen molar-refractivity contribution in [3.05, 3.63) is 18.1 Å². The van der Waals surface area contributed by atoms with Gasteiger partial charge in [-0.1, -0.05) is 26.7 Å². The summed E-state index contributed by atoms with van der Waals surface area (Å²) in [6.07, 6.45) is 6.85. The van der Waals surface area contributed by atoms with Crippen molar-refractivity contribution < 1.29 is 9.53 Å². The van der Waals surface area contributed by atoms with Crippen LogP contribution in [0.4, 0.5) is 0 Å². The van der Waals surface area contributed by atoms with Gasteiger partial charge in [-0.15, -0.1) is 0 Å². The molecule has 0 aromatic carbocycles. The molecule has 0 amide bonds. The molecule has 4 nitrogen and oxygen atoms in total. The first-order chi connectivity index (χ1) is 8.22. The molecule has 0 fully saturated rings. The van der Waals surface area contributed by atoms with Crippen LogP contribution in [0.2, 0.25) is 0 Å². The Balaban J connectivity index is 2.77. The maximum absolute atomic E-state index is 12.2. The summed E-state index contributed by atoms with van der Waals surface area (Å²) in [6.45, 7) is 4.19. The number of aromatic nitrogens is 2. The molecule has 0 saturated carbocycles. The Hall–Kier alpha value is -1.45. The van der Waals surface area contributed by atoms with Crippen molar-refractivity contribution in [3.63, 3.8) is 0 Å². The largest absolute Gasteiger partial charge is 0.480 e. The molecule has 1 heterocycles. The van der Waals surface area contributed by atoms with Crippen LogP contribution in [0.5, 0.6) is 5.88 Å². The van der Waals surface area contributed by atoms with E-state index < -0.39 is 0 Å². The predicted octanol–water partition coefficient (Wildman–Crippen LogP) is 2.88. The molecule has 0 bridgehead atoms. The highest BCUT2D eigenvalue weighted by Gasteiger charge is 2.19. The Labute approximate surface area is 102 Å².